The van der Waals surface area contributed by atoms with Gasteiger partial charge >= 0.3 is 0 Å². The summed E-state index contributed by atoms with van der Waals surface area (Å²) in [5.74, 6) is -0.125. The van der Waals surface area contributed by atoms with Crippen molar-refractivity contribution in [3.63, 3.8) is 0 Å². The van der Waals surface area contributed by atoms with Crippen molar-refractivity contribution in [2.75, 3.05) is 11.9 Å². The zero-order chi connectivity index (χ0) is 15.1. The van der Waals surface area contributed by atoms with E-state index in [1.807, 2.05) is 31.2 Å². The Hall–Kier alpha value is -2.36. The second kappa shape index (κ2) is 7.43. The van der Waals surface area contributed by atoms with Crippen LogP contribution < -0.4 is 10.6 Å². The van der Waals surface area contributed by atoms with Gasteiger partial charge in [-0.15, -0.1) is 0 Å². The van der Waals surface area contributed by atoms with Gasteiger partial charge in [-0.05, 0) is 31.0 Å². The molecule has 1 aromatic heterocycles. The fourth-order valence-corrected chi connectivity index (χ4v) is 2.02. The van der Waals surface area contributed by atoms with Gasteiger partial charge < -0.3 is 10.6 Å². The lowest BCUT2D eigenvalue weighted by Gasteiger charge is -2.15. The number of hydrogen-bond acceptors (Lipinski definition) is 3. The highest BCUT2D eigenvalue weighted by molar-refractivity contribution is 5.92. The van der Waals surface area contributed by atoms with Crippen molar-refractivity contribution in [1.82, 2.24) is 10.3 Å². The highest BCUT2D eigenvalue weighted by Gasteiger charge is 2.08. The molecule has 4 heteroatoms. The van der Waals surface area contributed by atoms with Gasteiger partial charge in [-0.3, -0.25) is 4.79 Å². The third-order valence-electron chi connectivity index (χ3n) is 3.21. The lowest BCUT2D eigenvalue weighted by molar-refractivity contribution is 0.0949. The third-order valence-corrected chi connectivity index (χ3v) is 3.21. The minimum Gasteiger partial charge on any atom is -0.377 e. The van der Waals surface area contributed by atoms with Crippen molar-refractivity contribution in [3.8, 4) is 0 Å². The number of rotatable bonds is 6. The molecule has 2 rings (SSSR count). The summed E-state index contributed by atoms with van der Waals surface area (Å²) in [6.07, 6.45) is 2.61. The first kappa shape index (κ1) is 15.0. The molecule has 0 aliphatic heterocycles. The quantitative estimate of drug-likeness (QED) is 0.854. The molecule has 1 atom stereocenters. The molecule has 0 aliphatic rings. The molecule has 1 heterocycles. The molecule has 4 nitrogen and oxygen atoms in total. The first-order valence-electron chi connectivity index (χ1n) is 7.26. The molecule has 0 saturated carbocycles. The summed E-state index contributed by atoms with van der Waals surface area (Å²) in [7, 11) is 0. The lowest BCUT2D eigenvalue weighted by Crippen LogP contribution is -2.24. The van der Waals surface area contributed by atoms with Crippen molar-refractivity contribution in [2.24, 2.45) is 0 Å². The van der Waals surface area contributed by atoms with Crippen LogP contribution in [0.4, 0.5) is 5.69 Å². The molecule has 2 aromatic rings. The summed E-state index contributed by atoms with van der Waals surface area (Å²) in [5, 5.41) is 6.19. The van der Waals surface area contributed by atoms with Crippen LogP contribution in [-0.4, -0.2) is 17.4 Å². The first-order chi connectivity index (χ1) is 10.2. The van der Waals surface area contributed by atoms with Gasteiger partial charge in [-0.25, -0.2) is 4.98 Å². The number of nitrogens with one attached hydrogen (secondary N) is 2. The van der Waals surface area contributed by atoms with E-state index in [2.05, 4.69) is 34.7 Å². The fourth-order valence-electron chi connectivity index (χ4n) is 2.02. The molecule has 1 aromatic carbocycles. The Kier molecular flexibility index (Phi) is 5.32. The van der Waals surface area contributed by atoms with Crippen LogP contribution in [0.15, 0.2) is 48.7 Å². The standard InChI is InChI=1S/C17H21N3O/c1-3-11-18-17(21)16-10-9-15(12-19-16)20-13(2)14-7-5-4-6-8-14/h4-10,12-13,20H,3,11H2,1-2H3,(H,18,21). The maximum Gasteiger partial charge on any atom is 0.269 e. The van der Waals surface area contributed by atoms with Crippen LogP contribution in [0.3, 0.4) is 0 Å². The predicted molar refractivity (Wildman–Crippen MR) is 85.3 cm³/mol. The Morgan fingerprint density at radius 2 is 1.95 bits per heavy atom. The monoisotopic (exact) mass is 283 g/mol. The normalized spacial score (nSPS) is 11.7. The van der Waals surface area contributed by atoms with Crippen LogP contribution in [0.1, 0.15) is 42.4 Å². The van der Waals surface area contributed by atoms with E-state index in [-0.39, 0.29) is 11.9 Å². The summed E-state index contributed by atoms with van der Waals surface area (Å²) in [4.78, 5) is 16.0. The van der Waals surface area contributed by atoms with Gasteiger partial charge in [0, 0.05) is 12.6 Å². The maximum absolute atomic E-state index is 11.8. The van der Waals surface area contributed by atoms with Gasteiger partial charge in [-0.2, -0.15) is 0 Å². The van der Waals surface area contributed by atoms with Crippen LogP contribution in [0.25, 0.3) is 0 Å². The van der Waals surface area contributed by atoms with E-state index < -0.39 is 0 Å². The van der Waals surface area contributed by atoms with Crippen LogP contribution in [0.5, 0.6) is 0 Å². The second-order valence-electron chi connectivity index (χ2n) is 4.96. The number of amides is 1. The topological polar surface area (TPSA) is 54.0 Å². The average molecular weight is 283 g/mol. The lowest BCUT2D eigenvalue weighted by atomic mass is 10.1. The molecule has 0 bridgehead atoms. The number of pyridine rings is 1. The van der Waals surface area contributed by atoms with Crippen molar-refractivity contribution in [1.29, 1.82) is 0 Å². The van der Waals surface area contributed by atoms with E-state index in [0.717, 1.165) is 12.1 Å². The van der Waals surface area contributed by atoms with E-state index in [4.69, 9.17) is 0 Å². The molecule has 0 radical (unpaired) electrons. The van der Waals surface area contributed by atoms with Gasteiger partial charge in [0.1, 0.15) is 5.69 Å². The van der Waals surface area contributed by atoms with Gasteiger partial charge in [0.15, 0.2) is 0 Å². The number of carbonyl (C=O) groups excluding carboxylic acids is 1. The van der Waals surface area contributed by atoms with E-state index >= 15 is 0 Å². The summed E-state index contributed by atoms with van der Waals surface area (Å²) >= 11 is 0. The Balaban J connectivity index is 1.98. The predicted octanol–water partition coefficient (Wildman–Crippen LogP) is 3.39. The van der Waals surface area contributed by atoms with Crippen molar-refractivity contribution in [2.45, 2.75) is 26.3 Å². The van der Waals surface area contributed by atoms with Gasteiger partial charge in [0.25, 0.3) is 5.91 Å². The summed E-state index contributed by atoms with van der Waals surface area (Å²) in [6, 6.07) is 14.0. The Labute approximate surface area is 125 Å². The highest BCUT2D eigenvalue weighted by atomic mass is 16.1. The Bertz CT molecular complexity index is 566. The largest absolute Gasteiger partial charge is 0.377 e. The minimum atomic E-state index is -0.125. The number of aromatic nitrogens is 1. The van der Waals surface area contributed by atoms with Crippen molar-refractivity contribution < 1.29 is 4.79 Å². The summed E-state index contributed by atoms with van der Waals surface area (Å²) in [5.41, 5.74) is 2.56. The molecule has 0 fully saturated rings. The number of nitrogens with zero attached hydrogens (tertiary/aromatic N) is 1. The molecular formula is C17H21N3O. The van der Waals surface area contributed by atoms with E-state index in [1.165, 1.54) is 5.56 Å². The molecule has 1 unspecified atom stereocenters. The van der Waals surface area contributed by atoms with E-state index in [9.17, 15) is 4.79 Å². The first-order valence-corrected chi connectivity index (χ1v) is 7.26. The zero-order valence-corrected chi connectivity index (χ0v) is 12.5. The third kappa shape index (κ3) is 4.31. The Morgan fingerprint density at radius 1 is 1.19 bits per heavy atom. The number of anilines is 1. The fraction of sp³-hybridized carbons (Fsp3) is 0.294. The molecule has 110 valence electrons. The van der Waals surface area contributed by atoms with E-state index in [1.54, 1.807) is 12.3 Å². The van der Waals surface area contributed by atoms with Gasteiger partial charge in [0.2, 0.25) is 0 Å². The summed E-state index contributed by atoms with van der Waals surface area (Å²) < 4.78 is 0. The van der Waals surface area contributed by atoms with Crippen LogP contribution in [0, 0.1) is 0 Å². The number of benzene rings is 1. The SMILES string of the molecule is CCCNC(=O)c1ccc(NC(C)c2ccccc2)cn1. The number of carbonyl (C=O) groups is 1. The Morgan fingerprint density at radius 3 is 2.57 bits per heavy atom. The molecule has 21 heavy (non-hydrogen) atoms. The molecule has 1 amide bonds. The smallest absolute Gasteiger partial charge is 0.269 e. The van der Waals surface area contributed by atoms with Crippen molar-refractivity contribution >= 4 is 11.6 Å². The van der Waals surface area contributed by atoms with Gasteiger partial charge in [-0.1, -0.05) is 37.3 Å². The minimum absolute atomic E-state index is 0.125. The number of hydrogen-bond donors (Lipinski definition) is 2. The van der Waals surface area contributed by atoms with Crippen LogP contribution >= 0.6 is 0 Å². The second-order valence-corrected chi connectivity index (χ2v) is 4.96. The molecule has 0 spiro atoms. The van der Waals surface area contributed by atoms with E-state index in [0.29, 0.717) is 12.2 Å². The summed E-state index contributed by atoms with van der Waals surface area (Å²) in [6.45, 7) is 4.79. The van der Waals surface area contributed by atoms with Crippen LogP contribution in [-0.2, 0) is 0 Å². The highest BCUT2D eigenvalue weighted by Crippen LogP contribution is 2.18. The zero-order valence-electron chi connectivity index (χ0n) is 12.5. The molecular weight excluding hydrogens is 262 g/mol. The maximum atomic E-state index is 11.8. The van der Waals surface area contributed by atoms with Gasteiger partial charge in [0.05, 0.1) is 11.9 Å². The molecule has 2 N–H and O–H groups in total. The average Bonchev–Trinajstić information content (AvgIpc) is 2.54. The van der Waals surface area contributed by atoms with Crippen LogP contribution in [0.2, 0.25) is 0 Å². The van der Waals surface area contributed by atoms with Crippen molar-refractivity contribution in [3.05, 3.63) is 59.9 Å². The molecule has 0 aliphatic carbocycles. The molecule has 0 saturated heterocycles.